The van der Waals surface area contributed by atoms with Crippen LogP contribution in [0, 0.1) is 0 Å². The first-order valence-electron chi connectivity index (χ1n) is 4.82. The summed E-state index contributed by atoms with van der Waals surface area (Å²) in [5, 5.41) is 2.53. The monoisotopic (exact) mass is 309 g/mol. The molecule has 0 aromatic carbocycles. The summed E-state index contributed by atoms with van der Waals surface area (Å²) in [5.41, 5.74) is 5.77. The van der Waals surface area contributed by atoms with Crippen LogP contribution in [-0.4, -0.2) is 26.0 Å². The van der Waals surface area contributed by atoms with Gasteiger partial charge in [-0.25, -0.2) is 0 Å². The highest BCUT2D eigenvalue weighted by molar-refractivity contribution is 9.10. The van der Waals surface area contributed by atoms with E-state index >= 15 is 0 Å². The van der Waals surface area contributed by atoms with E-state index in [0.717, 1.165) is 23.3 Å². The molecule has 1 unspecified atom stereocenters. The molecule has 2 nitrogen and oxygen atoms in total. The largest absolute Gasteiger partial charge is 0.385 e. The van der Waals surface area contributed by atoms with Gasteiger partial charge in [-0.2, -0.15) is 11.8 Å². The molecule has 0 radical (unpaired) electrons. The maximum absolute atomic E-state index is 5.77. The van der Waals surface area contributed by atoms with E-state index in [1.807, 2.05) is 11.8 Å². The molecule has 0 spiro atoms. The lowest BCUT2D eigenvalue weighted by atomic mass is 10.3. The smallest absolute Gasteiger partial charge is 0.0513 e. The highest BCUT2D eigenvalue weighted by atomic mass is 79.9. The van der Waals surface area contributed by atoms with Crippen LogP contribution < -0.4 is 5.73 Å². The molecule has 5 heteroatoms. The van der Waals surface area contributed by atoms with Gasteiger partial charge in [0, 0.05) is 35.0 Å². The second-order valence-corrected chi connectivity index (χ2v) is 6.28. The number of hydrogen-bond donors (Lipinski definition) is 1. The zero-order chi connectivity index (χ0) is 11.1. The lowest BCUT2D eigenvalue weighted by Gasteiger charge is -2.11. The molecule has 0 saturated carbocycles. The first-order valence-corrected chi connectivity index (χ1v) is 7.54. The van der Waals surface area contributed by atoms with Gasteiger partial charge in [-0.05, 0) is 34.2 Å². The van der Waals surface area contributed by atoms with Gasteiger partial charge in [0.05, 0.1) is 5.25 Å². The van der Waals surface area contributed by atoms with Crippen LogP contribution in [0.1, 0.15) is 16.5 Å². The molecule has 0 aliphatic heterocycles. The summed E-state index contributed by atoms with van der Waals surface area (Å²) >= 11 is 7.14. The summed E-state index contributed by atoms with van der Waals surface area (Å²) in [4.78, 5) is 1.35. The van der Waals surface area contributed by atoms with Gasteiger partial charge in [0.15, 0.2) is 0 Å². The summed E-state index contributed by atoms with van der Waals surface area (Å²) < 4.78 is 6.17. The fraction of sp³-hybridized carbons (Fsp3) is 0.600. The molecule has 1 heterocycles. The van der Waals surface area contributed by atoms with Crippen LogP contribution in [0.5, 0.6) is 0 Å². The van der Waals surface area contributed by atoms with E-state index in [-0.39, 0.29) is 0 Å². The molecule has 2 N–H and O–H groups in total. The molecule has 1 aromatic heterocycles. The Kier molecular flexibility index (Phi) is 6.92. The topological polar surface area (TPSA) is 35.2 Å². The number of thiophene rings is 1. The Morgan fingerprint density at radius 2 is 2.47 bits per heavy atom. The van der Waals surface area contributed by atoms with Crippen LogP contribution in [0.3, 0.4) is 0 Å². The highest BCUT2D eigenvalue weighted by Gasteiger charge is 2.11. The summed E-state index contributed by atoms with van der Waals surface area (Å²) in [6.07, 6.45) is 1.09. The first-order chi connectivity index (χ1) is 7.27. The molecule has 1 aromatic rings. The van der Waals surface area contributed by atoms with Gasteiger partial charge in [-0.3, -0.25) is 0 Å². The zero-order valence-corrected chi connectivity index (χ0v) is 12.0. The minimum atomic E-state index is 0.429. The average Bonchev–Trinajstić information content (AvgIpc) is 2.65. The number of nitrogens with two attached hydrogens (primary N) is 1. The van der Waals surface area contributed by atoms with E-state index in [0.29, 0.717) is 11.8 Å². The van der Waals surface area contributed by atoms with Crippen LogP contribution in [0.15, 0.2) is 15.9 Å². The van der Waals surface area contributed by atoms with E-state index in [1.54, 1.807) is 18.4 Å². The van der Waals surface area contributed by atoms with Gasteiger partial charge in [-0.15, -0.1) is 11.3 Å². The Bertz CT molecular complexity index is 280. The van der Waals surface area contributed by atoms with Crippen LogP contribution in [-0.2, 0) is 4.74 Å². The third kappa shape index (κ3) is 4.87. The second-order valence-electron chi connectivity index (χ2n) is 3.11. The Morgan fingerprint density at radius 3 is 3.00 bits per heavy atom. The van der Waals surface area contributed by atoms with Crippen molar-refractivity contribution < 1.29 is 4.74 Å². The van der Waals surface area contributed by atoms with Gasteiger partial charge >= 0.3 is 0 Å². The summed E-state index contributed by atoms with van der Waals surface area (Å²) in [6.45, 7) is 1.53. The summed E-state index contributed by atoms with van der Waals surface area (Å²) in [6, 6.07) is 2.16. The average molecular weight is 310 g/mol. The maximum Gasteiger partial charge on any atom is 0.0513 e. The first kappa shape index (κ1) is 13.5. The van der Waals surface area contributed by atoms with Crippen molar-refractivity contribution in [2.24, 2.45) is 5.73 Å². The quantitative estimate of drug-likeness (QED) is 0.785. The van der Waals surface area contributed by atoms with Crippen molar-refractivity contribution >= 4 is 39.0 Å². The highest BCUT2D eigenvalue weighted by Crippen LogP contribution is 2.34. The molecular weight excluding hydrogens is 294 g/mol. The Hall–Kier alpha value is 0.450. The molecule has 0 saturated heterocycles. The van der Waals surface area contributed by atoms with Crippen LogP contribution >= 0.6 is 39.0 Å². The molecule has 0 aliphatic carbocycles. The van der Waals surface area contributed by atoms with E-state index in [2.05, 4.69) is 27.4 Å². The van der Waals surface area contributed by atoms with Gasteiger partial charge in [-0.1, -0.05) is 0 Å². The van der Waals surface area contributed by atoms with Gasteiger partial charge in [0.1, 0.15) is 0 Å². The van der Waals surface area contributed by atoms with Crippen molar-refractivity contribution in [2.75, 3.05) is 26.0 Å². The van der Waals surface area contributed by atoms with Gasteiger partial charge < -0.3 is 10.5 Å². The van der Waals surface area contributed by atoms with Crippen molar-refractivity contribution in [3.8, 4) is 0 Å². The Labute approximate surface area is 108 Å². The molecular formula is C10H16BrNOS2. The van der Waals surface area contributed by atoms with E-state index in [9.17, 15) is 0 Å². The van der Waals surface area contributed by atoms with Crippen LogP contribution in [0.25, 0.3) is 0 Å². The van der Waals surface area contributed by atoms with E-state index < -0.39 is 0 Å². The predicted molar refractivity (Wildman–Crippen MR) is 72.8 cm³/mol. The predicted octanol–water partition coefficient (Wildman–Crippen LogP) is 3.28. The third-order valence-electron chi connectivity index (χ3n) is 1.93. The second kappa shape index (κ2) is 7.68. The third-order valence-corrected chi connectivity index (χ3v) is 5.26. The number of thioether (sulfide) groups is 1. The van der Waals surface area contributed by atoms with E-state index in [1.165, 1.54) is 4.88 Å². The van der Waals surface area contributed by atoms with Crippen LogP contribution in [0.4, 0.5) is 0 Å². The fourth-order valence-corrected chi connectivity index (χ4v) is 3.94. The molecule has 0 aliphatic rings. The standard InChI is InChI=1S/C10H16BrNOS2/c1-13-3-2-4-14-10(6-12)9-5-8(11)7-15-9/h5,7,10H,2-4,6,12H2,1H3. The zero-order valence-electron chi connectivity index (χ0n) is 8.74. The van der Waals surface area contributed by atoms with E-state index in [4.69, 9.17) is 10.5 Å². The minimum Gasteiger partial charge on any atom is -0.385 e. The molecule has 0 amide bonds. The number of hydrogen-bond acceptors (Lipinski definition) is 4. The SMILES string of the molecule is COCCCSC(CN)c1cc(Br)cs1. The number of rotatable bonds is 7. The lowest BCUT2D eigenvalue weighted by molar-refractivity contribution is 0.200. The normalized spacial score (nSPS) is 13.0. The van der Waals surface area contributed by atoms with Crippen molar-refractivity contribution in [1.82, 2.24) is 0 Å². The molecule has 1 atom stereocenters. The number of halogens is 1. The Morgan fingerprint density at radius 1 is 1.67 bits per heavy atom. The molecule has 0 fully saturated rings. The minimum absolute atomic E-state index is 0.429. The molecule has 86 valence electrons. The molecule has 0 bridgehead atoms. The van der Waals surface area contributed by atoms with Gasteiger partial charge in [0.25, 0.3) is 0 Å². The fourth-order valence-electron chi connectivity index (χ4n) is 1.19. The number of methoxy groups -OCH3 is 1. The van der Waals surface area contributed by atoms with Crippen molar-refractivity contribution in [2.45, 2.75) is 11.7 Å². The summed E-state index contributed by atoms with van der Waals surface area (Å²) in [7, 11) is 1.74. The Balaban J connectivity index is 2.35. The van der Waals surface area contributed by atoms with Crippen molar-refractivity contribution in [3.63, 3.8) is 0 Å². The summed E-state index contributed by atoms with van der Waals surface area (Å²) in [5.74, 6) is 1.10. The van der Waals surface area contributed by atoms with Crippen LogP contribution in [0.2, 0.25) is 0 Å². The van der Waals surface area contributed by atoms with Crippen molar-refractivity contribution in [1.29, 1.82) is 0 Å². The molecule has 1 rings (SSSR count). The molecule has 15 heavy (non-hydrogen) atoms. The maximum atomic E-state index is 5.77. The lowest BCUT2D eigenvalue weighted by Crippen LogP contribution is -2.09. The van der Waals surface area contributed by atoms with Crippen molar-refractivity contribution in [3.05, 3.63) is 20.8 Å². The number of ether oxygens (including phenoxy) is 1. The van der Waals surface area contributed by atoms with Gasteiger partial charge in [0.2, 0.25) is 0 Å².